The largest absolute Gasteiger partial charge is 0.352 e. The Morgan fingerprint density at radius 2 is 1.88 bits per heavy atom. The van der Waals surface area contributed by atoms with Gasteiger partial charge in [-0.15, -0.1) is 11.3 Å². The molecule has 3 nitrogen and oxygen atoms in total. The van der Waals surface area contributed by atoms with Gasteiger partial charge in [-0.2, -0.15) is 0 Å². The minimum absolute atomic E-state index is 0.0725. The monoisotopic (exact) mass is 342 g/mol. The molecule has 1 aromatic heterocycles. The van der Waals surface area contributed by atoms with Crippen LogP contribution >= 0.6 is 11.3 Å². The Labute approximate surface area is 148 Å². The molecular formula is C20H26N2OS. The molecule has 1 aliphatic rings. The maximum atomic E-state index is 12.3. The smallest absolute Gasteiger partial charge is 0.234 e. The Bertz CT molecular complexity index is 618. The highest BCUT2D eigenvalue weighted by atomic mass is 32.1. The van der Waals surface area contributed by atoms with E-state index >= 15 is 0 Å². The van der Waals surface area contributed by atoms with E-state index in [9.17, 15) is 4.79 Å². The van der Waals surface area contributed by atoms with Crippen LogP contribution in [0.3, 0.4) is 0 Å². The minimum atomic E-state index is 0.0725. The average molecular weight is 343 g/mol. The van der Waals surface area contributed by atoms with E-state index in [0.717, 1.165) is 18.8 Å². The fourth-order valence-corrected chi connectivity index (χ4v) is 4.19. The van der Waals surface area contributed by atoms with Gasteiger partial charge in [-0.05, 0) is 48.6 Å². The van der Waals surface area contributed by atoms with Gasteiger partial charge in [0.2, 0.25) is 5.91 Å². The quantitative estimate of drug-likeness (QED) is 0.829. The molecule has 0 spiro atoms. The number of nitrogens with one attached hydrogen (secondary N) is 2. The van der Waals surface area contributed by atoms with E-state index in [-0.39, 0.29) is 11.9 Å². The first kappa shape index (κ1) is 17.2. The zero-order valence-electron chi connectivity index (χ0n) is 14.2. The molecule has 1 atom stereocenters. The van der Waals surface area contributed by atoms with E-state index in [2.05, 4.69) is 47.2 Å². The van der Waals surface area contributed by atoms with Crippen molar-refractivity contribution < 1.29 is 4.79 Å². The summed E-state index contributed by atoms with van der Waals surface area (Å²) in [5.74, 6) is 0.907. The second kappa shape index (κ2) is 8.45. The van der Waals surface area contributed by atoms with Crippen LogP contribution in [0.2, 0.25) is 0 Å². The Balaban J connectivity index is 1.57. The lowest BCUT2D eigenvalue weighted by atomic mass is 9.87. The van der Waals surface area contributed by atoms with Crippen LogP contribution < -0.4 is 10.6 Å². The zero-order valence-corrected chi connectivity index (χ0v) is 15.0. The van der Waals surface area contributed by atoms with Crippen molar-refractivity contribution in [2.45, 2.75) is 44.7 Å². The fraction of sp³-hybridized carbons (Fsp3) is 0.450. The molecule has 3 rings (SSSR count). The average Bonchev–Trinajstić information content (AvgIpc) is 3.12. The number of rotatable bonds is 6. The number of carbonyl (C=O) groups excluding carboxylic acids is 1. The summed E-state index contributed by atoms with van der Waals surface area (Å²) in [5.41, 5.74) is 1.19. The van der Waals surface area contributed by atoms with Crippen molar-refractivity contribution in [3.8, 4) is 0 Å². The number of hydrogen-bond acceptors (Lipinski definition) is 3. The van der Waals surface area contributed by atoms with Gasteiger partial charge in [-0.3, -0.25) is 10.1 Å². The summed E-state index contributed by atoms with van der Waals surface area (Å²) in [4.78, 5) is 13.6. The molecule has 0 bridgehead atoms. The van der Waals surface area contributed by atoms with Gasteiger partial charge in [0.25, 0.3) is 0 Å². The van der Waals surface area contributed by atoms with Crippen LogP contribution in [0.5, 0.6) is 0 Å². The van der Waals surface area contributed by atoms with Crippen LogP contribution in [0.1, 0.15) is 49.1 Å². The van der Waals surface area contributed by atoms with Gasteiger partial charge in [0.05, 0.1) is 12.6 Å². The molecule has 128 valence electrons. The summed E-state index contributed by atoms with van der Waals surface area (Å²) in [6, 6.07) is 14.9. The summed E-state index contributed by atoms with van der Waals surface area (Å²) in [6.45, 7) is 2.65. The maximum Gasteiger partial charge on any atom is 0.234 e. The maximum absolute atomic E-state index is 12.3. The summed E-state index contributed by atoms with van der Waals surface area (Å²) in [7, 11) is 0. The lowest BCUT2D eigenvalue weighted by Crippen LogP contribution is -2.42. The molecule has 1 amide bonds. The summed E-state index contributed by atoms with van der Waals surface area (Å²) < 4.78 is 0. The van der Waals surface area contributed by atoms with Gasteiger partial charge in [0, 0.05) is 10.9 Å². The predicted molar refractivity (Wildman–Crippen MR) is 100 cm³/mol. The van der Waals surface area contributed by atoms with Gasteiger partial charge in [-0.1, -0.05) is 43.3 Å². The molecular weight excluding hydrogens is 316 g/mol. The molecule has 1 aromatic carbocycles. The molecule has 1 saturated carbocycles. The highest BCUT2D eigenvalue weighted by molar-refractivity contribution is 7.10. The molecule has 1 heterocycles. The van der Waals surface area contributed by atoms with Gasteiger partial charge in [0.1, 0.15) is 0 Å². The van der Waals surface area contributed by atoms with E-state index in [1.165, 1.54) is 23.3 Å². The molecule has 24 heavy (non-hydrogen) atoms. The van der Waals surface area contributed by atoms with Crippen molar-refractivity contribution in [2.24, 2.45) is 5.92 Å². The number of amides is 1. The molecule has 0 saturated heterocycles. The topological polar surface area (TPSA) is 41.1 Å². The molecule has 4 heteroatoms. The van der Waals surface area contributed by atoms with Crippen molar-refractivity contribution >= 4 is 17.2 Å². The number of hydrogen-bond donors (Lipinski definition) is 2. The van der Waals surface area contributed by atoms with E-state index in [1.54, 1.807) is 11.3 Å². The normalized spacial score (nSPS) is 22.0. The van der Waals surface area contributed by atoms with E-state index in [0.29, 0.717) is 12.6 Å². The molecule has 0 aliphatic heterocycles. The summed E-state index contributed by atoms with van der Waals surface area (Å²) in [6.07, 6.45) is 4.67. The first-order valence-corrected chi connectivity index (χ1v) is 9.71. The highest BCUT2D eigenvalue weighted by Crippen LogP contribution is 2.26. The SMILES string of the molecule is CC1CCC(NC(=O)CN[C@@H](c2ccccc2)c2cccs2)CC1. The van der Waals surface area contributed by atoms with Crippen molar-refractivity contribution in [3.05, 3.63) is 58.3 Å². The van der Waals surface area contributed by atoms with Crippen molar-refractivity contribution in [1.82, 2.24) is 10.6 Å². The standard InChI is InChI=1S/C20H26N2OS/c1-15-9-11-17(12-10-15)22-19(23)14-21-20(18-8-5-13-24-18)16-6-3-2-4-7-16/h2-8,13,15,17,20-21H,9-12,14H2,1H3,(H,22,23)/t15?,17?,20-/m0/s1. The van der Waals surface area contributed by atoms with Gasteiger partial charge >= 0.3 is 0 Å². The Hall–Kier alpha value is -1.65. The zero-order chi connectivity index (χ0) is 16.8. The summed E-state index contributed by atoms with van der Waals surface area (Å²) >= 11 is 1.72. The predicted octanol–water partition coefficient (Wildman–Crippen LogP) is 4.12. The molecule has 0 unspecified atom stereocenters. The van der Waals surface area contributed by atoms with Crippen LogP contribution in [0.4, 0.5) is 0 Å². The van der Waals surface area contributed by atoms with Crippen LogP contribution in [0, 0.1) is 5.92 Å². The summed E-state index contributed by atoms with van der Waals surface area (Å²) in [5, 5.41) is 8.71. The third-order valence-electron chi connectivity index (χ3n) is 4.81. The van der Waals surface area contributed by atoms with Gasteiger partial charge in [0.15, 0.2) is 0 Å². The fourth-order valence-electron chi connectivity index (χ4n) is 3.36. The number of benzene rings is 1. The minimum Gasteiger partial charge on any atom is -0.352 e. The van der Waals surface area contributed by atoms with Crippen LogP contribution in [-0.4, -0.2) is 18.5 Å². The molecule has 0 radical (unpaired) electrons. The second-order valence-corrected chi connectivity index (χ2v) is 7.74. The van der Waals surface area contributed by atoms with Crippen molar-refractivity contribution in [1.29, 1.82) is 0 Å². The van der Waals surface area contributed by atoms with Crippen LogP contribution in [0.25, 0.3) is 0 Å². The van der Waals surface area contributed by atoms with Gasteiger partial charge < -0.3 is 5.32 Å². The molecule has 2 aromatic rings. The number of carbonyl (C=O) groups is 1. The van der Waals surface area contributed by atoms with Crippen LogP contribution in [-0.2, 0) is 4.79 Å². The first-order valence-electron chi connectivity index (χ1n) is 8.83. The second-order valence-electron chi connectivity index (χ2n) is 6.76. The van der Waals surface area contributed by atoms with E-state index in [1.807, 2.05) is 18.2 Å². The van der Waals surface area contributed by atoms with Crippen molar-refractivity contribution in [3.63, 3.8) is 0 Å². The lowest BCUT2D eigenvalue weighted by molar-refractivity contribution is -0.121. The van der Waals surface area contributed by atoms with E-state index < -0.39 is 0 Å². The Morgan fingerprint density at radius 1 is 1.12 bits per heavy atom. The van der Waals surface area contributed by atoms with Crippen LogP contribution in [0.15, 0.2) is 47.8 Å². The Kier molecular flexibility index (Phi) is 6.05. The molecule has 1 fully saturated rings. The molecule has 2 N–H and O–H groups in total. The van der Waals surface area contributed by atoms with E-state index in [4.69, 9.17) is 0 Å². The Morgan fingerprint density at radius 3 is 2.54 bits per heavy atom. The third-order valence-corrected chi connectivity index (χ3v) is 5.75. The highest BCUT2D eigenvalue weighted by Gasteiger charge is 2.21. The van der Waals surface area contributed by atoms with Gasteiger partial charge in [-0.25, -0.2) is 0 Å². The van der Waals surface area contributed by atoms with Crippen molar-refractivity contribution in [2.75, 3.05) is 6.54 Å². The lowest BCUT2D eigenvalue weighted by Gasteiger charge is -2.27. The number of thiophene rings is 1. The first-order chi connectivity index (χ1) is 11.7. The third kappa shape index (κ3) is 4.68. The molecule has 1 aliphatic carbocycles.